The predicted molar refractivity (Wildman–Crippen MR) is 60.3 cm³/mol. The SMILES string of the molecule is CC1=NOC(=O)/C1=C/c1cccc([N+](=O)[O-])c1. The van der Waals surface area contributed by atoms with Gasteiger partial charge >= 0.3 is 5.97 Å². The third kappa shape index (κ3) is 2.20. The summed E-state index contributed by atoms with van der Waals surface area (Å²) in [5.74, 6) is -0.547. The number of nitro benzene ring substituents is 1. The van der Waals surface area contributed by atoms with E-state index in [-0.39, 0.29) is 5.69 Å². The van der Waals surface area contributed by atoms with Crippen LogP contribution in [0, 0.1) is 10.1 Å². The Morgan fingerprint density at radius 3 is 2.82 bits per heavy atom. The molecule has 0 spiro atoms. The van der Waals surface area contributed by atoms with Crippen molar-refractivity contribution in [3.05, 3.63) is 45.5 Å². The van der Waals surface area contributed by atoms with Gasteiger partial charge in [-0.15, -0.1) is 0 Å². The molecule has 1 aromatic carbocycles. The largest absolute Gasteiger partial charge is 0.367 e. The first-order valence-corrected chi connectivity index (χ1v) is 4.80. The van der Waals surface area contributed by atoms with Crippen molar-refractivity contribution in [3.63, 3.8) is 0 Å². The lowest BCUT2D eigenvalue weighted by Crippen LogP contribution is -2.01. The molecule has 0 amide bonds. The van der Waals surface area contributed by atoms with E-state index in [1.165, 1.54) is 18.2 Å². The van der Waals surface area contributed by atoms with Gasteiger partial charge in [0.1, 0.15) is 0 Å². The molecular weight excluding hydrogens is 224 g/mol. The molecule has 6 nitrogen and oxygen atoms in total. The van der Waals surface area contributed by atoms with Gasteiger partial charge in [0.2, 0.25) is 0 Å². The average molecular weight is 232 g/mol. The number of non-ortho nitro benzene ring substituents is 1. The van der Waals surface area contributed by atoms with E-state index in [9.17, 15) is 14.9 Å². The van der Waals surface area contributed by atoms with Crippen molar-refractivity contribution < 1.29 is 14.6 Å². The van der Waals surface area contributed by atoms with Crippen LogP contribution in [0.1, 0.15) is 12.5 Å². The monoisotopic (exact) mass is 232 g/mol. The summed E-state index contributed by atoms with van der Waals surface area (Å²) in [6.45, 7) is 1.63. The van der Waals surface area contributed by atoms with Gasteiger partial charge in [-0.05, 0) is 18.6 Å². The summed E-state index contributed by atoms with van der Waals surface area (Å²) in [6.07, 6.45) is 1.52. The summed E-state index contributed by atoms with van der Waals surface area (Å²) >= 11 is 0. The third-order valence-electron chi connectivity index (χ3n) is 2.27. The lowest BCUT2D eigenvalue weighted by Gasteiger charge is -1.96. The highest BCUT2D eigenvalue weighted by atomic mass is 16.7. The Bertz CT molecular complexity index is 560. The Kier molecular flexibility index (Phi) is 2.70. The molecule has 17 heavy (non-hydrogen) atoms. The van der Waals surface area contributed by atoms with Gasteiger partial charge in [-0.25, -0.2) is 4.79 Å². The van der Waals surface area contributed by atoms with Crippen molar-refractivity contribution in [3.8, 4) is 0 Å². The smallest absolute Gasteiger partial charge is 0.312 e. The highest BCUT2D eigenvalue weighted by Gasteiger charge is 2.21. The van der Waals surface area contributed by atoms with Crippen molar-refractivity contribution in [2.75, 3.05) is 0 Å². The maximum Gasteiger partial charge on any atom is 0.367 e. The van der Waals surface area contributed by atoms with Crippen LogP contribution in [0.4, 0.5) is 5.69 Å². The number of rotatable bonds is 2. The molecule has 1 heterocycles. The van der Waals surface area contributed by atoms with E-state index in [2.05, 4.69) is 9.99 Å². The molecule has 0 unspecified atom stereocenters. The summed E-state index contributed by atoms with van der Waals surface area (Å²) in [6, 6.07) is 5.98. The average Bonchev–Trinajstić information content (AvgIpc) is 2.61. The zero-order chi connectivity index (χ0) is 12.4. The Morgan fingerprint density at radius 2 is 2.24 bits per heavy atom. The molecule has 1 aliphatic heterocycles. The normalized spacial score (nSPS) is 16.9. The van der Waals surface area contributed by atoms with Gasteiger partial charge in [0, 0.05) is 12.1 Å². The van der Waals surface area contributed by atoms with Crippen LogP contribution in [0.5, 0.6) is 0 Å². The van der Waals surface area contributed by atoms with Crippen LogP contribution < -0.4 is 0 Å². The Hall–Kier alpha value is -2.50. The fourth-order valence-corrected chi connectivity index (χ4v) is 1.41. The first-order valence-electron chi connectivity index (χ1n) is 4.80. The quantitative estimate of drug-likeness (QED) is 0.337. The predicted octanol–water partition coefficient (Wildman–Crippen LogP) is 1.91. The summed E-state index contributed by atoms with van der Waals surface area (Å²) in [4.78, 5) is 25.8. The summed E-state index contributed by atoms with van der Waals surface area (Å²) < 4.78 is 0. The number of oxime groups is 1. The topological polar surface area (TPSA) is 81.8 Å². The van der Waals surface area contributed by atoms with Gasteiger partial charge in [-0.1, -0.05) is 17.3 Å². The molecule has 0 fully saturated rings. The number of hydrogen-bond acceptors (Lipinski definition) is 5. The van der Waals surface area contributed by atoms with Gasteiger partial charge < -0.3 is 4.84 Å². The standard InChI is InChI=1S/C11H8N2O4/c1-7-10(11(14)17-12-7)6-8-3-2-4-9(5-8)13(15)16/h2-6H,1H3/b10-6+. The van der Waals surface area contributed by atoms with E-state index < -0.39 is 10.9 Å². The fraction of sp³-hybridized carbons (Fsp3) is 0.0909. The van der Waals surface area contributed by atoms with E-state index in [1.807, 2.05) is 0 Å². The lowest BCUT2D eigenvalue weighted by atomic mass is 10.1. The molecule has 0 saturated carbocycles. The van der Waals surface area contributed by atoms with Crippen LogP contribution in [0.25, 0.3) is 6.08 Å². The second-order valence-corrected chi connectivity index (χ2v) is 3.47. The van der Waals surface area contributed by atoms with Crippen molar-refractivity contribution in [1.29, 1.82) is 0 Å². The number of nitrogens with zero attached hydrogens (tertiary/aromatic N) is 2. The minimum Gasteiger partial charge on any atom is -0.312 e. The highest BCUT2D eigenvalue weighted by molar-refractivity contribution is 6.24. The first kappa shape index (κ1) is 11.0. The molecule has 6 heteroatoms. The second kappa shape index (κ2) is 4.17. The van der Waals surface area contributed by atoms with Crippen LogP contribution in [0.3, 0.4) is 0 Å². The van der Waals surface area contributed by atoms with Gasteiger partial charge in [0.25, 0.3) is 5.69 Å². The molecule has 0 aliphatic carbocycles. The van der Waals surface area contributed by atoms with Crippen molar-refractivity contribution in [2.24, 2.45) is 5.16 Å². The zero-order valence-corrected chi connectivity index (χ0v) is 8.91. The van der Waals surface area contributed by atoms with Gasteiger partial charge in [-0.3, -0.25) is 10.1 Å². The fourth-order valence-electron chi connectivity index (χ4n) is 1.41. The van der Waals surface area contributed by atoms with E-state index in [0.717, 1.165) is 0 Å². The number of nitro groups is 1. The minimum atomic E-state index is -0.547. The van der Waals surface area contributed by atoms with E-state index in [1.54, 1.807) is 19.1 Å². The Morgan fingerprint density at radius 1 is 1.47 bits per heavy atom. The Labute approximate surface area is 96.3 Å². The highest BCUT2D eigenvalue weighted by Crippen LogP contribution is 2.19. The summed E-state index contributed by atoms with van der Waals surface area (Å²) in [5.41, 5.74) is 1.30. The number of carbonyl (C=O) groups excluding carboxylic acids is 1. The molecule has 0 N–H and O–H groups in total. The van der Waals surface area contributed by atoms with Crippen LogP contribution >= 0.6 is 0 Å². The van der Waals surface area contributed by atoms with Gasteiger partial charge in [-0.2, -0.15) is 0 Å². The summed E-state index contributed by atoms with van der Waals surface area (Å²) in [7, 11) is 0. The van der Waals surface area contributed by atoms with E-state index in [4.69, 9.17) is 0 Å². The van der Waals surface area contributed by atoms with Crippen LogP contribution in [0.15, 0.2) is 35.0 Å². The molecule has 1 aliphatic rings. The molecule has 0 bridgehead atoms. The number of carbonyl (C=O) groups is 1. The molecule has 0 radical (unpaired) electrons. The summed E-state index contributed by atoms with van der Waals surface area (Å²) in [5, 5.41) is 14.1. The van der Waals surface area contributed by atoms with E-state index >= 15 is 0 Å². The van der Waals surface area contributed by atoms with Crippen molar-refractivity contribution >= 4 is 23.4 Å². The third-order valence-corrected chi connectivity index (χ3v) is 2.27. The molecule has 0 atom stereocenters. The number of hydrogen-bond donors (Lipinski definition) is 0. The van der Waals surface area contributed by atoms with Crippen LogP contribution in [0.2, 0.25) is 0 Å². The van der Waals surface area contributed by atoms with Crippen molar-refractivity contribution in [1.82, 2.24) is 0 Å². The zero-order valence-electron chi connectivity index (χ0n) is 8.91. The lowest BCUT2D eigenvalue weighted by molar-refractivity contribution is -0.384. The van der Waals surface area contributed by atoms with Crippen LogP contribution in [-0.2, 0) is 9.63 Å². The maximum atomic E-state index is 11.3. The van der Waals surface area contributed by atoms with Crippen LogP contribution in [-0.4, -0.2) is 16.6 Å². The number of benzene rings is 1. The molecule has 86 valence electrons. The Balaban J connectivity index is 2.39. The second-order valence-electron chi connectivity index (χ2n) is 3.47. The van der Waals surface area contributed by atoms with Gasteiger partial charge in [0.05, 0.1) is 16.2 Å². The molecule has 2 rings (SSSR count). The maximum absolute atomic E-state index is 11.3. The minimum absolute atomic E-state index is 0.0275. The molecular formula is C11H8N2O4. The van der Waals surface area contributed by atoms with E-state index in [0.29, 0.717) is 16.8 Å². The molecule has 1 aromatic rings. The molecule has 0 saturated heterocycles. The first-order chi connectivity index (χ1) is 8.08. The van der Waals surface area contributed by atoms with Gasteiger partial charge in [0.15, 0.2) is 0 Å². The molecule has 0 aromatic heterocycles. The van der Waals surface area contributed by atoms with Crippen molar-refractivity contribution in [2.45, 2.75) is 6.92 Å².